The van der Waals surface area contributed by atoms with E-state index in [9.17, 15) is 14.7 Å². The van der Waals surface area contributed by atoms with Crippen LogP contribution in [0.2, 0.25) is 0 Å². The van der Waals surface area contributed by atoms with E-state index in [1.807, 2.05) is 6.92 Å². The van der Waals surface area contributed by atoms with Gasteiger partial charge in [-0.2, -0.15) is 0 Å². The second-order valence-corrected chi connectivity index (χ2v) is 5.18. The summed E-state index contributed by atoms with van der Waals surface area (Å²) < 4.78 is 0. The minimum absolute atomic E-state index is 0. The van der Waals surface area contributed by atoms with E-state index in [-0.39, 0.29) is 51.5 Å². The Bertz CT molecular complexity index is 228. The van der Waals surface area contributed by atoms with E-state index in [1.165, 1.54) is 6.92 Å². The normalized spacial score (nSPS) is 14.4. The Kier molecular flexibility index (Phi) is 12.6. The van der Waals surface area contributed by atoms with Crippen LogP contribution in [0.15, 0.2) is 0 Å². The van der Waals surface area contributed by atoms with E-state index in [2.05, 4.69) is 0 Å². The number of carbonyl (C=O) groups is 2. The van der Waals surface area contributed by atoms with Crippen molar-refractivity contribution in [2.45, 2.75) is 45.4 Å². The minimum atomic E-state index is -0.962. The van der Waals surface area contributed by atoms with Crippen LogP contribution in [-0.4, -0.2) is 27.6 Å². The van der Waals surface area contributed by atoms with Gasteiger partial charge < -0.3 is 11.6 Å². The van der Waals surface area contributed by atoms with E-state index in [4.69, 9.17) is 5.11 Å². The zero-order valence-electron chi connectivity index (χ0n) is 11.2. The maximum atomic E-state index is 11.3. The van der Waals surface area contributed by atoms with Gasteiger partial charge in [0.1, 0.15) is 0 Å². The van der Waals surface area contributed by atoms with Crippen LogP contribution in [0.5, 0.6) is 0 Å². The average Bonchev–Trinajstić information content (AvgIpc) is 2.14. The summed E-state index contributed by atoms with van der Waals surface area (Å²) >= 11 is 0. The standard InChI is InChI=1S/C10H19O4P.Na.H/c1-3-4-5-8(11)15-9(12)6-7(2)10(13)14;;/h7-8,11,15H,3-6H2,1-2H3,(H,13,14);;/q;+1;-1. The average molecular weight is 258 g/mol. The molecule has 0 bridgehead atoms. The Labute approximate surface area is 122 Å². The van der Waals surface area contributed by atoms with Gasteiger partial charge in [0.05, 0.1) is 11.8 Å². The van der Waals surface area contributed by atoms with E-state index in [0.717, 1.165) is 12.8 Å². The zero-order chi connectivity index (χ0) is 11.8. The Hall–Kier alpha value is 0.530. The van der Waals surface area contributed by atoms with Gasteiger partial charge in [-0.1, -0.05) is 26.7 Å². The van der Waals surface area contributed by atoms with Gasteiger partial charge in [-0.3, -0.25) is 9.59 Å². The molecule has 0 aromatic rings. The number of aliphatic hydroxyl groups is 1. The molecule has 0 saturated heterocycles. The third-order valence-corrected chi connectivity index (χ3v) is 3.22. The molecule has 0 aromatic carbocycles. The van der Waals surface area contributed by atoms with Crippen molar-refractivity contribution >= 4 is 20.1 Å². The van der Waals surface area contributed by atoms with E-state index < -0.39 is 17.7 Å². The van der Waals surface area contributed by atoms with Gasteiger partial charge >= 0.3 is 35.5 Å². The third-order valence-electron chi connectivity index (χ3n) is 2.07. The zero-order valence-corrected chi connectivity index (χ0v) is 13.2. The van der Waals surface area contributed by atoms with Crippen LogP contribution in [-0.2, 0) is 9.59 Å². The summed E-state index contributed by atoms with van der Waals surface area (Å²) in [6, 6.07) is 0. The SMILES string of the molecule is CCCCC(O)PC(=O)CC(C)C(=O)O.[H-].[Na+]. The fourth-order valence-corrected chi connectivity index (χ4v) is 2.22. The van der Waals surface area contributed by atoms with Gasteiger partial charge in [0, 0.05) is 6.42 Å². The quantitative estimate of drug-likeness (QED) is 0.429. The molecular formula is C10H20NaO4P. The predicted molar refractivity (Wildman–Crippen MR) is 61.4 cm³/mol. The number of carbonyl (C=O) groups excluding carboxylic acids is 1. The Morgan fingerprint density at radius 3 is 2.44 bits per heavy atom. The fraction of sp³-hybridized carbons (Fsp3) is 0.800. The Morgan fingerprint density at radius 1 is 1.44 bits per heavy atom. The first kappa shape index (κ1) is 18.9. The maximum absolute atomic E-state index is 11.3. The molecule has 0 aliphatic heterocycles. The maximum Gasteiger partial charge on any atom is 1.00 e. The van der Waals surface area contributed by atoms with Crippen LogP contribution in [0.4, 0.5) is 0 Å². The summed E-state index contributed by atoms with van der Waals surface area (Å²) in [5, 5.41) is 18.0. The van der Waals surface area contributed by atoms with Gasteiger partial charge in [-0.25, -0.2) is 0 Å². The van der Waals surface area contributed by atoms with E-state index in [1.54, 1.807) is 0 Å². The smallest absolute Gasteiger partial charge is 1.00 e. The van der Waals surface area contributed by atoms with Gasteiger partial charge in [0.15, 0.2) is 5.52 Å². The van der Waals surface area contributed by atoms with Crippen molar-refractivity contribution in [2.24, 2.45) is 5.92 Å². The molecule has 0 heterocycles. The molecule has 90 valence electrons. The monoisotopic (exact) mass is 258 g/mol. The largest absolute Gasteiger partial charge is 1.00 e. The van der Waals surface area contributed by atoms with Crippen molar-refractivity contribution < 1.29 is 50.8 Å². The van der Waals surface area contributed by atoms with Gasteiger partial charge in [0.25, 0.3) is 0 Å². The number of aliphatic hydroxyl groups excluding tert-OH is 1. The molecule has 0 radical (unpaired) electrons. The molecule has 0 rings (SSSR count). The third kappa shape index (κ3) is 9.73. The molecule has 0 aliphatic carbocycles. The van der Waals surface area contributed by atoms with Crippen molar-refractivity contribution in [1.82, 2.24) is 0 Å². The number of unbranched alkanes of at least 4 members (excludes halogenated alkanes) is 1. The first-order chi connectivity index (χ1) is 6.97. The molecule has 0 amide bonds. The number of carboxylic acids is 1. The summed E-state index contributed by atoms with van der Waals surface area (Å²) in [6.07, 6.45) is 2.54. The van der Waals surface area contributed by atoms with Gasteiger partial charge in [-0.05, 0) is 15.0 Å². The first-order valence-electron chi connectivity index (χ1n) is 5.17. The molecule has 0 aromatic heterocycles. The molecule has 2 N–H and O–H groups in total. The van der Waals surface area contributed by atoms with Crippen LogP contribution in [0, 0.1) is 5.92 Å². The molecular weight excluding hydrogens is 238 g/mol. The van der Waals surface area contributed by atoms with Crippen LogP contribution in [0.25, 0.3) is 0 Å². The van der Waals surface area contributed by atoms with Crippen LogP contribution < -0.4 is 29.6 Å². The second kappa shape index (κ2) is 10.7. The molecule has 0 spiro atoms. The Morgan fingerprint density at radius 2 is 2.00 bits per heavy atom. The molecule has 4 nitrogen and oxygen atoms in total. The van der Waals surface area contributed by atoms with Crippen molar-refractivity contribution in [3.8, 4) is 0 Å². The second-order valence-electron chi connectivity index (χ2n) is 3.67. The van der Waals surface area contributed by atoms with E-state index >= 15 is 0 Å². The van der Waals surface area contributed by atoms with Crippen LogP contribution >= 0.6 is 8.58 Å². The van der Waals surface area contributed by atoms with Crippen LogP contribution in [0.3, 0.4) is 0 Å². The molecule has 6 heteroatoms. The van der Waals surface area contributed by atoms with Gasteiger partial charge in [-0.15, -0.1) is 0 Å². The molecule has 3 unspecified atom stereocenters. The van der Waals surface area contributed by atoms with Crippen molar-refractivity contribution in [3.05, 3.63) is 0 Å². The molecule has 16 heavy (non-hydrogen) atoms. The fourth-order valence-electron chi connectivity index (χ4n) is 1.08. The van der Waals surface area contributed by atoms with E-state index in [0.29, 0.717) is 6.42 Å². The van der Waals surface area contributed by atoms with Crippen molar-refractivity contribution in [3.63, 3.8) is 0 Å². The minimum Gasteiger partial charge on any atom is -1.00 e. The summed E-state index contributed by atoms with van der Waals surface area (Å²) in [5.41, 5.74) is -0.145. The van der Waals surface area contributed by atoms with Crippen LogP contribution in [0.1, 0.15) is 41.0 Å². The van der Waals surface area contributed by atoms with Crippen molar-refractivity contribution in [1.29, 1.82) is 0 Å². The predicted octanol–water partition coefficient (Wildman–Crippen LogP) is -1.07. The summed E-state index contributed by atoms with van der Waals surface area (Å²) in [6.45, 7) is 3.52. The summed E-state index contributed by atoms with van der Waals surface area (Å²) in [4.78, 5) is 21.8. The summed E-state index contributed by atoms with van der Waals surface area (Å²) in [5.74, 6) is -2.20. The summed E-state index contributed by atoms with van der Waals surface area (Å²) in [7, 11) is -0.172. The topological polar surface area (TPSA) is 74.6 Å². The Balaban J connectivity index is -0.000000980. The number of rotatable bonds is 8. The van der Waals surface area contributed by atoms with Gasteiger partial charge in [0.2, 0.25) is 0 Å². The molecule has 0 saturated carbocycles. The number of aliphatic carboxylic acids is 1. The number of carboxylic acid groups (broad SMARTS) is 1. The number of hydrogen-bond acceptors (Lipinski definition) is 3. The molecule has 3 atom stereocenters. The molecule has 0 fully saturated rings. The van der Waals surface area contributed by atoms with Crippen molar-refractivity contribution in [2.75, 3.05) is 0 Å². The number of hydrogen-bond donors (Lipinski definition) is 2. The first-order valence-corrected chi connectivity index (χ1v) is 6.25. The molecule has 0 aliphatic rings.